The van der Waals surface area contributed by atoms with Gasteiger partial charge >= 0.3 is 0 Å². The van der Waals surface area contributed by atoms with Crippen molar-refractivity contribution in [2.75, 3.05) is 17.3 Å². The Bertz CT molecular complexity index is 476. The van der Waals surface area contributed by atoms with Crippen LogP contribution in [0.15, 0.2) is 23.1 Å². The van der Waals surface area contributed by atoms with Crippen LogP contribution in [0.1, 0.15) is 31.7 Å². The smallest absolute Gasteiger partial charge is 0.107 e. The molecule has 0 bridgehead atoms. The highest BCUT2D eigenvalue weighted by molar-refractivity contribution is 8.00. The van der Waals surface area contributed by atoms with Gasteiger partial charge in [-0.05, 0) is 37.0 Å². The zero-order chi connectivity index (χ0) is 14.5. The van der Waals surface area contributed by atoms with Crippen molar-refractivity contribution in [2.45, 2.75) is 42.4 Å². The predicted octanol–water partition coefficient (Wildman–Crippen LogP) is 4.13. The van der Waals surface area contributed by atoms with E-state index in [0.29, 0.717) is 16.3 Å². The van der Waals surface area contributed by atoms with Gasteiger partial charge in [0.1, 0.15) is 4.99 Å². The third-order valence-electron chi connectivity index (χ3n) is 3.67. The molecule has 3 N–H and O–H groups in total. The summed E-state index contributed by atoms with van der Waals surface area (Å²) in [7, 11) is 0. The van der Waals surface area contributed by atoms with Crippen LogP contribution in [-0.4, -0.2) is 28.3 Å². The van der Waals surface area contributed by atoms with Crippen molar-refractivity contribution in [1.82, 2.24) is 0 Å². The number of hydrogen-bond acceptors (Lipinski definition) is 4. The van der Waals surface area contributed by atoms with Gasteiger partial charge in [0.15, 0.2) is 0 Å². The van der Waals surface area contributed by atoms with Gasteiger partial charge in [-0.3, -0.25) is 0 Å². The van der Waals surface area contributed by atoms with E-state index in [9.17, 15) is 0 Å². The Hall–Kier alpha value is -0.390. The standard InChI is InChI=1S/C15H22N2S3/c1-3-20-12-8-4-6-10(12)17-11-7-5-9-13(19-2)14(11)15(16)18/h5,7,9-10,12,17H,3-4,6,8H2,1-2H3,(H2,16,18). The summed E-state index contributed by atoms with van der Waals surface area (Å²) in [6, 6.07) is 6.79. The molecule has 1 fully saturated rings. The predicted molar refractivity (Wildman–Crippen MR) is 97.3 cm³/mol. The Kier molecular flexibility index (Phi) is 6.05. The zero-order valence-electron chi connectivity index (χ0n) is 12.0. The van der Waals surface area contributed by atoms with Gasteiger partial charge in [0.05, 0.1) is 0 Å². The highest BCUT2D eigenvalue weighted by atomic mass is 32.2. The number of rotatable bonds is 6. The summed E-state index contributed by atoms with van der Waals surface area (Å²) in [5.74, 6) is 1.18. The molecule has 0 saturated heterocycles. The molecule has 0 heterocycles. The summed E-state index contributed by atoms with van der Waals surface area (Å²) in [5, 5.41) is 4.40. The first-order chi connectivity index (χ1) is 9.67. The summed E-state index contributed by atoms with van der Waals surface area (Å²) in [5.41, 5.74) is 8.03. The molecule has 20 heavy (non-hydrogen) atoms. The van der Waals surface area contributed by atoms with E-state index in [4.69, 9.17) is 18.0 Å². The molecule has 0 aliphatic heterocycles. The average molecular weight is 327 g/mol. The van der Waals surface area contributed by atoms with E-state index in [-0.39, 0.29) is 0 Å². The quantitative estimate of drug-likeness (QED) is 0.607. The first-order valence-corrected chi connectivity index (χ1v) is 9.70. The SMILES string of the molecule is CCSC1CCCC1Nc1cccc(SC)c1C(N)=S. The number of hydrogen-bond donors (Lipinski definition) is 2. The Morgan fingerprint density at radius 2 is 2.25 bits per heavy atom. The molecule has 1 aliphatic rings. The number of thioether (sulfide) groups is 2. The van der Waals surface area contributed by atoms with Gasteiger partial charge in [-0.2, -0.15) is 11.8 Å². The Balaban J connectivity index is 2.22. The van der Waals surface area contributed by atoms with Crippen molar-refractivity contribution in [3.63, 3.8) is 0 Å². The maximum atomic E-state index is 5.93. The molecule has 0 amide bonds. The lowest BCUT2D eigenvalue weighted by molar-refractivity contribution is 0.767. The molecular formula is C15H22N2S3. The van der Waals surface area contributed by atoms with E-state index in [1.807, 2.05) is 0 Å². The number of nitrogens with two attached hydrogens (primary N) is 1. The first-order valence-electron chi connectivity index (χ1n) is 7.02. The summed E-state index contributed by atoms with van der Waals surface area (Å²) in [6.45, 7) is 2.23. The van der Waals surface area contributed by atoms with Gasteiger partial charge in [0, 0.05) is 27.4 Å². The lowest BCUT2D eigenvalue weighted by Gasteiger charge is -2.23. The molecule has 0 spiro atoms. The fraction of sp³-hybridized carbons (Fsp3) is 0.533. The number of anilines is 1. The van der Waals surface area contributed by atoms with Crippen LogP contribution in [0.5, 0.6) is 0 Å². The number of benzene rings is 1. The monoisotopic (exact) mass is 326 g/mol. The van der Waals surface area contributed by atoms with Crippen LogP contribution in [0.25, 0.3) is 0 Å². The third kappa shape index (κ3) is 3.62. The molecule has 2 rings (SSSR count). The second-order valence-electron chi connectivity index (χ2n) is 4.92. The Morgan fingerprint density at radius 1 is 1.45 bits per heavy atom. The van der Waals surface area contributed by atoms with Crippen molar-refractivity contribution in [3.8, 4) is 0 Å². The second-order valence-corrected chi connectivity index (χ2v) is 7.73. The topological polar surface area (TPSA) is 38.0 Å². The van der Waals surface area contributed by atoms with Crippen molar-refractivity contribution in [3.05, 3.63) is 23.8 Å². The average Bonchev–Trinajstić information content (AvgIpc) is 2.86. The van der Waals surface area contributed by atoms with E-state index in [1.54, 1.807) is 11.8 Å². The first kappa shape index (κ1) is 16.0. The molecule has 1 saturated carbocycles. The van der Waals surface area contributed by atoms with Crippen molar-refractivity contribution in [1.29, 1.82) is 0 Å². The van der Waals surface area contributed by atoms with Gasteiger partial charge in [0.2, 0.25) is 0 Å². The molecule has 2 unspecified atom stereocenters. The lowest BCUT2D eigenvalue weighted by Crippen LogP contribution is -2.28. The second kappa shape index (κ2) is 7.57. The maximum Gasteiger partial charge on any atom is 0.107 e. The number of nitrogens with one attached hydrogen (secondary N) is 1. The van der Waals surface area contributed by atoms with Crippen LogP contribution in [0.2, 0.25) is 0 Å². The van der Waals surface area contributed by atoms with Crippen molar-refractivity contribution < 1.29 is 0 Å². The third-order valence-corrected chi connectivity index (χ3v) is 5.98. The van der Waals surface area contributed by atoms with Gasteiger partial charge in [-0.1, -0.05) is 31.6 Å². The lowest BCUT2D eigenvalue weighted by atomic mass is 10.1. The molecule has 2 nitrogen and oxygen atoms in total. The van der Waals surface area contributed by atoms with Gasteiger partial charge in [-0.25, -0.2) is 0 Å². The molecule has 0 radical (unpaired) electrons. The van der Waals surface area contributed by atoms with Crippen LogP contribution >= 0.6 is 35.7 Å². The normalized spacial score (nSPS) is 21.9. The van der Waals surface area contributed by atoms with Gasteiger partial charge in [0.25, 0.3) is 0 Å². The fourth-order valence-electron chi connectivity index (χ4n) is 2.78. The van der Waals surface area contributed by atoms with Crippen LogP contribution in [0.4, 0.5) is 5.69 Å². The molecule has 0 aromatic heterocycles. The minimum absolute atomic E-state index is 0.482. The van der Waals surface area contributed by atoms with Gasteiger partial charge < -0.3 is 11.1 Å². The largest absolute Gasteiger partial charge is 0.389 e. The van der Waals surface area contributed by atoms with Crippen molar-refractivity contribution in [2.24, 2.45) is 5.73 Å². The summed E-state index contributed by atoms with van der Waals surface area (Å²) >= 11 is 9.00. The molecular weight excluding hydrogens is 304 g/mol. The molecule has 1 aliphatic carbocycles. The fourth-order valence-corrected chi connectivity index (χ4v) is 4.90. The molecule has 1 aromatic carbocycles. The maximum absolute atomic E-state index is 5.93. The highest BCUT2D eigenvalue weighted by Crippen LogP contribution is 2.34. The minimum Gasteiger partial charge on any atom is -0.389 e. The van der Waals surface area contributed by atoms with Crippen LogP contribution in [-0.2, 0) is 0 Å². The zero-order valence-corrected chi connectivity index (χ0v) is 14.5. The van der Waals surface area contributed by atoms with Crippen LogP contribution in [0, 0.1) is 0 Å². The summed E-state index contributed by atoms with van der Waals surface area (Å²) in [4.78, 5) is 1.63. The van der Waals surface area contributed by atoms with E-state index in [2.05, 4.69) is 48.5 Å². The molecule has 2 atom stereocenters. The van der Waals surface area contributed by atoms with Crippen molar-refractivity contribution >= 4 is 46.4 Å². The van der Waals surface area contributed by atoms with Crippen LogP contribution in [0.3, 0.4) is 0 Å². The van der Waals surface area contributed by atoms with E-state index < -0.39 is 0 Å². The summed E-state index contributed by atoms with van der Waals surface area (Å²) < 4.78 is 0. The summed E-state index contributed by atoms with van der Waals surface area (Å²) in [6.07, 6.45) is 5.91. The van der Waals surface area contributed by atoms with E-state index >= 15 is 0 Å². The molecule has 110 valence electrons. The number of thiocarbonyl (C=S) groups is 1. The molecule has 1 aromatic rings. The van der Waals surface area contributed by atoms with E-state index in [0.717, 1.165) is 16.1 Å². The highest BCUT2D eigenvalue weighted by Gasteiger charge is 2.27. The van der Waals surface area contributed by atoms with Gasteiger partial charge in [-0.15, -0.1) is 11.8 Å². The Morgan fingerprint density at radius 3 is 2.90 bits per heavy atom. The van der Waals surface area contributed by atoms with Crippen LogP contribution < -0.4 is 11.1 Å². The van der Waals surface area contributed by atoms with E-state index in [1.165, 1.54) is 25.0 Å². The molecule has 5 heteroatoms. The minimum atomic E-state index is 0.482. The Labute approximate surface area is 135 Å².